The van der Waals surface area contributed by atoms with E-state index in [0.29, 0.717) is 24.6 Å². The Balaban J connectivity index is 1.40. The zero-order valence-corrected chi connectivity index (χ0v) is 18.4. The number of piperidine rings is 1. The van der Waals surface area contributed by atoms with Gasteiger partial charge in [-0.25, -0.2) is 4.99 Å². The van der Waals surface area contributed by atoms with Crippen molar-refractivity contribution in [1.29, 1.82) is 0 Å². The van der Waals surface area contributed by atoms with Gasteiger partial charge in [0.25, 0.3) is 0 Å². The third-order valence-corrected chi connectivity index (χ3v) is 9.50. The molecule has 3 aromatic rings. The number of hydrogen-bond donors (Lipinski definition) is 0. The Kier molecular flexibility index (Phi) is 5.10. The average Bonchev–Trinajstić information content (AvgIpc) is 3.58. The molecule has 2 aliphatic heterocycles. The zero-order valence-electron chi connectivity index (χ0n) is 17.5. The first-order valence-electron chi connectivity index (χ1n) is 11.3. The molecule has 0 aromatic heterocycles. The van der Waals surface area contributed by atoms with E-state index in [1.54, 1.807) is 0 Å². The molecule has 1 saturated heterocycles. The molecule has 3 aliphatic rings. The molecule has 0 unspecified atom stereocenters. The first kappa shape index (κ1) is 19.2. The molecule has 4 atom stereocenters. The molecule has 0 amide bonds. The monoisotopic (exact) mass is 426 g/mol. The summed E-state index contributed by atoms with van der Waals surface area (Å²) >= 11 is 0. The normalized spacial score (nSPS) is 27.5. The number of aliphatic imine (C=N–C) groups is 1. The third-order valence-electron chi connectivity index (χ3n) is 6.89. The highest BCUT2D eigenvalue weighted by atomic mass is 31.1. The van der Waals surface area contributed by atoms with Crippen molar-refractivity contribution in [2.24, 2.45) is 10.9 Å². The minimum atomic E-state index is -0.618. The summed E-state index contributed by atoms with van der Waals surface area (Å²) in [6.45, 7) is 0.662. The van der Waals surface area contributed by atoms with E-state index in [9.17, 15) is 0 Å². The molecular weight excluding hydrogens is 399 g/mol. The summed E-state index contributed by atoms with van der Waals surface area (Å²) in [6.07, 6.45) is 3.84. The number of ether oxygens (including phenoxy) is 1. The van der Waals surface area contributed by atoms with Gasteiger partial charge in [0.2, 0.25) is 5.90 Å². The molecule has 156 valence electrons. The van der Waals surface area contributed by atoms with Crippen molar-refractivity contribution in [3.05, 3.63) is 96.6 Å². The number of fused-ring (bicyclic) bond motifs is 2. The van der Waals surface area contributed by atoms with Crippen LogP contribution in [0.5, 0.6) is 0 Å². The zero-order chi connectivity index (χ0) is 20.6. The lowest BCUT2D eigenvalue weighted by Gasteiger charge is -2.40. The van der Waals surface area contributed by atoms with Crippen LogP contribution in [0.3, 0.4) is 0 Å². The molecule has 0 N–H and O–H groups in total. The van der Waals surface area contributed by atoms with Gasteiger partial charge in [0.1, 0.15) is 12.6 Å². The summed E-state index contributed by atoms with van der Waals surface area (Å²) in [7, 11) is -0.618. The second kappa shape index (κ2) is 8.22. The van der Waals surface area contributed by atoms with Gasteiger partial charge in [0, 0.05) is 14.1 Å². The minimum Gasteiger partial charge on any atom is -0.477 e. The fraction of sp³-hybridized carbons (Fsp3) is 0.296. The maximum atomic E-state index is 6.33. The topological polar surface area (TPSA) is 24.8 Å². The predicted octanol–water partition coefficient (Wildman–Crippen LogP) is 5.06. The van der Waals surface area contributed by atoms with Crippen LogP contribution in [0.2, 0.25) is 0 Å². The molecule has 31 heavy (non-hydrogen) atoms. The Labute approximate surface area is 185 Å². The summed E-state index contributed by atoms with van der Waals surface area (Å²) in [6, 6.07) is 33.7. The van der Waals surface area contributed by atoms with Crippen LogP contribution in [-0.4, -0.2) is 29.3 Å². The van der Waals surface area contributed by atoms with Crippen molar-refractivity contribution in [3.63, 3.8) is 0 Å². The maximum absolute atomic E-state index is 6.33. The van der Waals surface area contributed by atoms with Gasteiger partial charge in [-0.15, -0.1) is 0 Å². The summed E-state index contributed by atoms with van der Waals surface area (Å²) in [5.41, 5.74) is 1.25. The van der Waals surface area contributed by atoms with Crippen LogP contribution in [0.4, 0.5) is 0 Å². The molecule has 3 aromatic carbocycles. The smallest absolute Gasteiger partial charge is 0.202 e. The van der Waals surface area contributed by atoms with Crippen LogP contribution in [0.25, 0.3) is 0 Å². The molecular formula is C27H27N2OP. The first-order chi connectivity index (χ1) is 15.4. The lowest BCUT2D eigenvalue weighted by atomic mass is 10.00. The molecule has 2 fully saturated rings. The van der Waals surface area contributed by atoms with Crippen LogP contribution in [-0.2, 0) is 4.74 Å². The molecule has 1 aliphatic carbocycles. The quantitative estimate of drug-likeness (QED) is 0.533. The highest BCUT2D eigenvalue weighted by Crippen LogP contribution is 2.55. The van der Waals surface area contributed by atoms with Crippen LogP contribution in [0, 0.1) is 5.92 Å². The lowest BCUT2D eigenvalue weighted by molar-refractivity contribution is 0.249. The Morgan fingerprint density at radius 3 is 2.03 bits per heavy atom. The summed E-state index contributed by atoms with van der Waals surface area (Å²) in [4.78, 5) is 5.14. The van der Waals surface area contributed by atoms with Gasteiger partial charge in [-0.3, -0.25) is 4.67 Å². The van der Waals surface area contributed by atoms with E-state index in [4.69, 9.17) is 9.73 Å². The van der Waals surface area contributed by atoms with E-state index in [0.717, 1.165) is 5.90 Å². The molecule has 1 saturated carbocycles. The first-order valence-corrected chi connectivity index (χ1v) is 12.6. The second-order valence-electron chi connectivity index (χ2n) is 8.74. The SMILES string of the molecule is c1ccc([C@H]2COC([C@H]3[C@@H]4CC[C@@H](C4)N3P(c3ccccc3)c3ccccc3)=N2)cc1. The largest absolute Gasteiger partial charge is 0.477 e. The Morgan fingerprint density at radius 2 is 1.39 bits per heavy atom. The van der Waals surface area contributed by atoms with Crippen LogP contribution in [0.15, 0.2) is 96.0 Å². The van der Waals surface area contributed by atoms with Gasteiger partial charge >= 0.3 is 0 Å². The molecule has 3 nitrogen and oxygen atoms in total. The van der Waals surface area contributed by atoms with Gasteiger partial charge in [-0.05, 0) is 41.4 Å². The summed E-state index contributed by atoms with van der Waals surface area (Å²) in [5, 5.41) is 2.83. The van der Waals surface area contributed by atoms with E-state index >= 15 is 0 Å². The number of hydrogen-bond acceptors (Lipinski definition) is 3. The van der Waals surface area contributed by atoms with Crippen molar-refractivity contribution < 1.29 is 4.74 Å². The number of rotatable bonds is 5. The summed E-state index contributed by atoms with van der Waals surface area (Å²) in [5.74, 6) is 1.62. The van der Waals surface area contributed by atoms with Crippen LogP contribution in [0.1, 0.15) is 30.9 Å². The van der Waals surface area contributed by atoms with E-state index in [1.165, 1.54) is 35.4 Å². The van der Waals surface area contributed by atoms with Crippen LogP contribution >= 0.6 is 8.07 Å². The Hall–Kier alpha value is -2.48. The number of benzene rings is 3. The Bertz CT molecular complexity index is 1020. The summed E-state index contributed by atoms with van der Waals surface area (Å²) < 4.78 is 9.12. The average molecular weight is 426 g/mol. The van der Waals surface area contributed by atoms with Crippen LogP contribution < -0.4 is 10.6 Å². The fourth-order valence-corrected chi connectivity index (χ4v) is 8.33. The molecule has 0 radical (unpaired) electrons. The molecule has 0 spiro atoms. The van der Waals surface area contributed by atoms with Gasteiger partial charge in [0.05, 0.1) is 6.04 Å². The van der Waals surface area contributed by atoms with Crippen molar-refractivity contribution in [3.8, 4) is 0 Å². The van der Waals surface area contributed by atoms with Crippen molar-refractivity contribution in [2.75, 3.05) is 6.61 Å². The third kappa shape index (κ3) is 3.50. The van der Waals surface area contributed by atoms with Gasteiger partial charge < -0.3 is 4.74 Å². The van der Waals surface area contributed by atoms with Crippen molar-refractivity contribution in [1.82, 2.24) is 4.67 Å². The molecule has 2 bridgehead atoms. The standard InChI is InChI=1S/C27H27N2OP/c1-4-10-20(11-5-1)25-19-30-27(28-25)26-21-16-17-22(18-21)29(26)31(23-12-6-2-7-13-23)24-14-8-3-9-15-24/h1-15,21-22,25-26H,16-19H2/t21-,22+,25-,26-/m1/s1. The molecule has 6 rings (SSSR count). The Morgan fingerprint density at radius 1 is 0.774 bits per heavy atom. The van der Waals surface area contributed by atoms with E-state index in [-0.39, 0.29) is 6.04 Å². The van der Waals surface area contributed by atoms with Crippen molar-refractivity contribution in [2.45, 2.75) is 37.4 Å². The van der Waals surface area contributed by atoms with E-state index in [1.807, 2.05) is 0 Å². The van der Waals surface area contributed by atoms with Gasteiger partial charge in [0.15, 0.2) is 0 Å². The van der Waals surface area contributed by atoms with E-state index in [2.05, 4.69) is 95.7 Å². The fourth-order valence-electron chi connectivity index (χ4n) is 5.52. The van der Waals surface area contributed by atoms with Crippen molar-refractivity contribution >= 4 is 24.6 Å². The predicted molar refractivity (Wildman–Crippen MR) is 128 cm³/mol. The lowest BCUT2D eigenvalue weighted by Crippen LogP contribution is -2.46. The maximum Gasteiger partial charge on any atom is 0.202 e. The minimum absolute atomic E-state index is 0.122. The highest BCUT2D eigenvalue weighted by molar-refractivity contribution is 7.70. The second-order valence-corrected chi connectivity index (χ2v) is 10.9. The van der Waals surface area contributed by atoms with E-state index < -0.39 is 8.07 Å². The molecule has 2 heterocycles. The molecule has 4 heteroatoms. The highest BCUT2D eigenvalue weighted by Gasteiger charge is 2.52. The number of nitrogens with zero attached hydrogens (tertiary/aromatic N) is 2. The van der Waals surface area contributed by atoms with Gasteiger partial charge in [-0.2, -0.15) is 0 Å². The van der Waals surface area contributed by atoms with Gasteiger partial charge in [-0.1, -0.05) is 91.0 Å².